The molecule has 0 aliphatic heterocycles. The summed E-state index contributed by atoms with van der Waals surface area (Å²) in [7, 11) is 0. The maximum absolute atomic E-state index is 11.3. The number of aromatic carboxylic acids is 1. The summed E-state index contributed by atoms with van der Waals surface area (Å²) in [5.41, 5.74) is 6.03. The number of carbonyl (C=O) groups is 2. The van der Waals surface area contributed by atoms with Gasteiger partial charge in [-0.3, -0.25) is 0 Å². The lowest BCUT2D eigenvalue weighted by molar-refractivity contribution is -0.131. The largest absolute Gasteiger partial charge is 0.478 e. The van der Waals surface area contributed by atoms with E-state index in [2.05, 4.69) is 45.9 Å². The molecule has 0 atom stereocenters. The van der Waals surface area contributed by atoms with Crippen LogP contribution in [0.1, 0.15) is 79.6 Å². The maximum atomic E-state index is 11.3. The molecule has 0 heterocycles. The Morgan fingerprint density at radius 3 is 2.19 bits per heavy atom. The zero-order chi connectivity index (χ0) is 23.5. The second-order valence-electron chi connectivity index (χ2n) is 9.90. The summed E-state index contributed by atoms with van der Waals surface area (Å²) in [6.45, 7) is 9.26. The molecular weight excluding hydrogens is 400 g/mol. The summed E-state index contributed by atoms with van der Waals surface area (Å²) in [6.07, 6.45) is 8.50. The van der Waals surface area contributed by atoms with E-state index < -0.39 is 11.9 Å². The maximum Gasteiger partial charge on any atom is 0.335 e. The van der Waals surface area contributed by atoms with Crippen molar-refractivity contribution in [3.63, 3.8) is 0 Å². The highest BCUT2D eigenvalue weighted by atomic mass is 16.4. The Bertz CT molecular complexity index is 1090. The fourth-order valence-corrected chi connectivity index (χ4v) is 4.46. The Morgan fingerprint density at radius 2 is 1.53 bits per heavy atom. The van der Waals surface area contributed by atoms with Crippen LogP contribution in [0.15, 0.2) is 60.7 Å². The average molecular weight is 433 g/mol. The summed E-state index contributed by atoms with van der Waals surface area (Å²) < 4.78 is 0. The van der Waals surface area contributed by atoms with Gasteiger partial charge in [0, 0.05) is 6.08 Å². The first kappa shape index (κ1) is 23.5. The fourth-order valence-electron chi connectivity index (χ4n) is 4.46. The SMILES string of the molecule is CC1(C)CCC(C)(C)c2cc(CC/C=C(/C=CC(=O)O)c3cccc(C(=O)O)c3)ccc21. The molecule has 4 heteroatoms. The van der Waals surface area contributed by atoms with Crippen LogP contribution in [0.2, 0.25) is 0 Å². The van der Waals surface area contributed by atoms with Gasteiger partial charge in [-0.15, -0.1) is 0 Å². The van der Waals surface area contributed by atoms with E-state index in [1.54, 1.807) is 18.2 Å². The van der Waals surface area contributed by atoms with Crippen LogP contribution >= 0.6 is 0 Å². The summed E-state index contributed by atoms with van der Waals surface area (Å²) >= 11 is 0. The van der Waals surface area contributed by atoms with Gasteiger partial charge in [-0.2, -0.15) is 0 Å². The smallest absolute Gasteiger partial charge is 0.335 e. The van der Waals surface area contributed by atoms with Crippen molar-refractivity contribution >= 4 is 17.5 Å². The van der Waals surface area contributed by atoms with Gasteiger partial charge < -0.3 is 10.2 Å². The second-order valence-corrected chi connectivity index (χ2v) is 9.90. The van der Waals surface area contributed by atoms with Crippen molar-refractivity contribution in [2.75, 3.05) is 0 Å². The molecular formula is C28H32O4. The van der Waals surface area contributed by atoms with Crippen LogP contribution in [0.25, 0.3) is 5.57 Å². The quantitative estimate of drug-likeness (QED) is 0.393. The molecule has 0 fully saturated rings. The molecule has 2 aromatic carbocycles. The van der Waals surface area contributed by atoms with Crippen molar-refractivity contribution in [1.82, 2.24) is 0 Å². The Hall–Kier alpha value is -3.14. The molecule has 168 valence electrons. The number of fused-ring (bicyclic) bond motifs is 1. The van der Waals surface area contributed by atoms with Crippen molar-refractivity contribution < 1.29 is 19.8 Å². The highest BCUT2D eigenvalue weighted by Crippen LogP contribution is 2.46. The third-order valence-electron chi connectivity index (χ3n) is 6.56. The van der Waals surface area contributed by atoms with Crippen molar-refractivity contribution in [3.8, 4) is 0 Å². The summed E-state index contributed by atoms with van der Waals surface area (Å²) in [5, 5.41) is 18.3. The van der Waals surface area contributed by atoms with E-state index >= 15 is 0 Å². The fraction of sp³-hybridized carbons (Fsp3) is 0.357. The van der Waals surface area contributed by atoms with E-state index in [1.165, 1.54) is 41.7 Å². The number of carboxylic acid groups (broad SMARTS) is 2. The topological polar surface area (TPSA) is 74.6 Å². The summed E-state index contributed by atoms with van der Waals surface area (Å²) in [6, 6.07) is 13.4. The molecule has 0 aromatic heterocycles. The highest BCUT2D eigenvalue weighted by Gasteiger charge is 2.36. The number of rotatable bonds is 7. The van der Waals surface area contributed by atoms with Crippen LogP contribution in [0.3, 0.4) is 0 Å². The van der Waals surface area contributed by atoms with Gasteiger partial charge in [-0.1, -0.05) is 64.1 Å². The van der Waals surface area contributed by atoms with Crippen molar-refractivity contribution in [2.24, 2.45) is 0 Å². The number of aliphatic carboxylic acids is 1. The Labute approximate surface area is 190 Å². The molecule has 0 bridgehead atoms. The minimum absolute atomic E-state index is 0.156. The van der Waals surface area contributed by atoms with Crippen molar-refractivity contribution in [2.45, 2.75) is 64.2 Å². The zero-order valence-corrected chi connectivity index (χ0v) is 19.3. The first-order chi connectivity index (χ1) is 15.0. The van der Waals surface area contributed by atoms with E-state index in [-0.39, 0.29) is 16.4 Å². The summed E-state index contributed by atoms with van der Waals surface area (Å²) in [4.78, 5) is 22.4. The van der Waals surface area contributed by atoms with E-state index in [1.807, 2.05) is 6.08 Å². The van der Waals surface area contributed by atoms with E-state index in [9.17, 15) is 14.7 Å². The molecule has 32 heavy (non-hydrogen) atoms. The van der Waals surface area contributed by atoms with Gasteiger partial charge in [0.25, 0.3) is 0 Å². The number of aryl methyl sites for hydroxylation is 1. The number of allylic oxidation sites excluding steroid dienone is 3. The van der Waals surface area contributed by atoms with Gasteiger partial charge in [-0.25, -0.2) is 9.59 Å². The van der Waals surface area contributed by atoms with Crippen LogP contribution in [0.5, 0.6) is 0 Å². The van der Waals surface area contributed by atoms with Crippen LogP contribution in [-0.4, -0.2) is 22.2 Å². The molecule has 2 N–H and O–H groups in total. The summed E-state index contributed by atoms with van der Waals surface area (Å²) in [5.74, 6) is -2.04. The van der Waals surface area contributed by atoms with Gasteiger partial charge >= 0.3 is 11.9 Å². The molecule has 0 saturated carbocycles. The lowest BCUT2D eigenvalue weighted by Gasteiger charge is -2.42. The average Bonchev–Trinajstić information content (AvgIpc) is 2.74. The lowest BCUT2D eigenvalue weighted by atomic mass is 9.63. The van der Waals surface area contributed by atoms with Gasteiger partial charge in [0.05, 0.1) is 5.56 Å². The number of hydrogen-bond acceptors (Lipinski definition) is 2. The van der Waals surface area contributed by atoms with Crippen molar-refractivity contribution in [1.29, 1.82) is 0 Å². The third-order valence-corrected chi connectivity index (χ3v) is 6.56. The minimum atomic E-state index is -1.04. The van der Waals surface area contributed by atoms with Crippen LogP contribution in [0.4, 0.5) is 0 Å². The monoisotopic (exact) mass is 432 g/mol. The molecule has 1 aliphatic rings. The van der Waals surface area contributed by atoms with Gasteiger partial charge in [0.1, 0.15) is 0 Å². The Kier molecular flexibility index (Phi) is 6.73. The standard InChI is InChI=1S/C28H32O4/c1-27(2)15-16-28(3,4)24-17-19(11-13-23(24)27)7-5-8-20(12-14-25(29)30)21-9-6-10-22(18-21)26(31)32/h6,8-14,17-18H,5,7,15-16H2,1-4H3,(H,29,30)(H,31,32)/b14-12?,20-8-. The third kappa shape index (κ3) is 5.37. The first-order valence-electron chi connectivity index (χ1n) is 11.1. The van der Waals surface area contributed by atoms with Gasteiger partial charge in [0.15, 0.2) is 0 Å². The molecule has 0 radical (unpaired) electrons. The van der Waals surface area contributed by atoms with E-state index in [0.717, 1.165) is 18.9 Å². The second kappa shape index (κ2) is 9.15. The van der Waals surface area contributed by atoms with Gasteiger partial charge in [0.2, 0.25) is 0 Å². The molecule has 3 rings (SSSR count). The molecule has 4 nitrogen and oxygen atoms in total. The molecule has 1 aliphatic carbocycles. The van der Waals surface area contributed by atoms with Crippen LogP contribution < -0.4 is 0 Å². The first-order valence-corrected chi connectivity index (χ1v) is 11.1. The molecule has 2 aromatic rings. The number of benzene rings is 2. The molecule has 0 amide bonds. The normalized spacial score (nSPS) is 17.2. The van der Waals surface area contributed by atoms with Crippen LogP contribution in [0, 0.1) is 0 Å². The minimum Gasteiger partial charge on any atom is -0.478 e. The zero-order valence-electron chi connectivity index (χ0n) is 19.3. The van der Waals surface area contributed by atoms with E-state index in [0.29, 0.717) is 11.1 Å². The van der Waals surface area contributed by atoms with E-state index in [4.69, 9.17) is 5.11 Å². The predicted molar refractivity (Wildman–Crippen MR) is 128 cm³/mol. The Balaban J connectivity index is 1.86. The Morgan fingerprint density at radius 1 is 0.875 bits per heavy atom. The van der Waals surface area contributed by atoms with Crippen LogP contribution in [-0.2, 0) is 22.0 Å². The predicted octanol–water partition coefficient (Wildman–Crippen LogP) is 6.39. The van der Waals surface area contributed by atoms with Crippen molar-refractivity contribution in [3.05, 3.63) is 88.5 Å². The number of hydrogen-bond donors (Lipinski definition) is 2. The molecule has 0 unspecified atom stereocenters. The lowest BCUT2D eigenvalue weighted by Crippen LogP contribution is -2.33. The molecule has 0 spiro atoms. The molecule has 0 saturated heterocycles. The number of carboxylic acids is 2. The van der Waals surface area contributed by atoms with Gasteiger partial charge in [-0.05, 0) is 82.5 Å². The highest BCUT2D eigenvalue weighted by molar-refractivity contribution is 5.90.